The average molecular weight is 908 g/mol. The second-order valence-corrected chi connectivity index (χ2v) is 16.9. The Labute approximate surface area is 414 Å². The number of rotatable bonds is 12. The van der Waals surface area contributed by atoms with Gasteiger partial charge in [0.15, 0.2) is 0 Å². The molecule has 0 fully saturated rings. The normalized spacial score (nSPS) is 11.1. The summed E-state index contributed by atoms with van der Waals surface area (Å²) in [6.45, 7) is 10.3. The van der Waals surface area contributed by atoms with Crippen LogP contribution in [0.25, 0.3) is 66.1 Å². The fraction of sp³-hybridized carbons (Fsp3) is 0.104. The van der Waals surface area contributed by atoms with Crippen LogP contribution in [0.3, 0.4) is 0 Å². The Bertz CT molecular complexity index is 3370. The van der Waals surface area contributed by atoms with Crippen molar-refractivity contribution in [2.45, 2.75) is 47.5 Å². The number of hydrogen-bond acceptors (Lipinski definition) is 2. The van der Waals surface area contributed by atoms with Gasteiger partial charge in [-0.1, -0.05) is 187 Å². The molecule has 10 aromatic carbocycles. The molecule has 0 saturated carbocycles. The predicted octanol–water partition coefficient (Wildman–Crippen LogP) is 19.8. The molecule has 0 saturated heterocycles. The van der Waals surface area contributed by atoms with Crippen molar-refractivity contribution in [3.05, 3.63) is 260 Å². The van der Waals surface area contributed by atoms with Crippen LogP contribution in [-0.4, -0.2) is 4.57 Å². The molecule has 0 atom stereocenters. The topological polar surface area (TPSA) is 11.4 Å². The highest BCUT2D eigenvalue weighted by molar-refractivity contribution is 6.11. The molecule has 70 heavy (non-hydrogen) atoms. The molecule has 0 aliphatic rings. The molecule has 1 aromatic heterocycles. The van der Waals surface area contributed by atoms with Gasteiger partial charge < -0.3 is 14.4 Å². The molecule has 11 rings (SSSR count). The number of benzene rings is 10. The summed E-state index contributed by atoms with van der Waals surface area (Å²) in [5, 5.41) is 4.96. The Hall–Kier alpha value is -8.40. The van der Waals surface area contributed by atoms with Crippen LogP contribution < -0.4 is 9.80 Å². The van der Waals surface area contributed by atoms with Crippen molar-refractivity contribution in [3.8, 4) is 27.9 Å². The third kappa shape index (κ3) is 9.79. The van der Waals surface area contributed by atoms with E-state index < -0.39 is 0 Å². The maximum absolute atomic E-state index is 2.44. The Morgan fingerprint density at radius 3 is 1.37 bits per heavy atom. The lowest BCUT2D eigenvalue weighted by Crippen LogP contribution is -2.09. The molecule has 0 N–H and O–H groups in total. The van der Waals surface area contributed by atoms with Crippen LogP contribution >= 0.6 is 0 Å². The summed E-state index contributed by atoms with van der Waals surface area (Å²) >= 11 is 0. The van der Waals surface area contributed by atoms with E-state index in [4.69, 9.17) is 0 Å². The molecule has 3 nitrogen and oxygen atoms in total. The van der Waals surface area contributed by atoms with Gasteiger partial charge in [-0.15, -0.1) is 0 Å². The van der Waals surface area contributed by atoms with Crippen molar-refractivity contribution in [3.63, 3.8) is 0 Å². The van der Waals surface area contributed by atoms with Gasteiger partial charge in [0.05, 0.1) is 11.0 Å². The van der Waals surface area contributed by atoms with Crippen molar-refractivity contribution < 1.29 is 0 Å². The first-order valence-electron chi connectivity index (χ1n) is 25.0. The van der Waals surface area contributed by atoms with Crippen LogP contribution in [0, 0.1) is 0 Å². The van der Waals surface area contributed by atoms with E-state index >= 15 is 0 Å². The molecule has 0 aliphatic carbocycles. The van der Waals surface area contributed by atoms with Crippen LogP contribution in [0.2, 0.25) is 0 Å². The average Bonchev–Trinajstić information content (AvgIpc) is 3.77. The molecule has 0 amide bonds. The molecule has 0 unspecified atom stereocenters. The van der Waals surface area contributed by atoms with Crippen LogP contribution in [0.4, 0.5) is 28.4 Å². The lowest BCUT2D eigenvalue weighted by atomic mass is 9.98. The van der Waals surface area contributed by atoms with Gasteiger partial charge in [-0.3, -0.25) is 0 Å². The Balaban J connectivity index is 0.00000148. The van der Waals surface area contributed by atoms with Crippen molar-refractivity contribution in [2.24, 2.45) is 0 Å². The zero-order valence-corrected chi connectivity index (χ0v) is 41.0. The quantitative estimate of drug-likeness (QED) is 0.121. The molecule has 0 aliphatic heterocycles. The number of fused-ring (bicyclic) bond motifs is 4. The van der Waals surface area contributed by atoms with Gasteiger partial charge in [-0.2, -0.15) is 0 Å². The molecule has 0 radical (unpaired) electrons. The Kier molecular flexibility index (Phi) is 14.8. The first-order chi connectivity index (χ1) is 34.7. The summed E-state index contributed by atoms with van der Waals surface area (Å²) in [6.07, 6.45) is 4.32. The summed E-state index contributed by atoms with van der Waals surface area (Å²) in [6, 6.07) is 90.0. The summed E-state index contributed by atoms with van der Waals surface area (Å²) in [5.74, 6) is 0. The van der Waals surface area contributed by atoms with E-state index in [0.29, 0.717) is 0 Å². The molecular weight excluding hydrogens is 847 g/mol. The number of nitrogens with zero attached hydrogens (tertiary/aromatic N) is 3. The Morgan fingerprint density at radius 2 is 0.814 bits per heavy atom. The van der Waals surface area contributed by atoms with Crippen molar-refractivity contribution in [1.29, 1.82) is 0 Å². The molecule has 0 spiro atoms. The highest BCUT2D eigenvalue weighted by atomic mass is 15.1. The van der Waals surface area contributed by atoms with Crippen molar-refractivity contribution >= 4 is 66.6 Å². The second kappa shape index (κ2) is 22.1. The third-order valence-corrected chi connectivity index (χ3v) is 12.7. The first kappa shape index (κ1) is 46.7. The number of allylic oxidation sites excluding steroid dienone is 1. The fourth-order valence-corrected chi connectivity index (χ4v) is 9.44. The van der Waals surface area contributed by atoms with E-state index in [2.05, 4.69) is 276 Å². The summed E-state index contributed by atoms with van der Waals surface area (Å²) < 4.78 is 2.44. The van der Waals surface area contributed by atoms with Gasteiger partial charge in [-0.25, -0.2) is 0 Å². The minimum atomic E-state index is 0.942. The minimum absolute atomic E-state index is 0.942. The fourth-order valence-electron chi connectivity index (χ4n) is 9.44. The van der Waals surface area contributed by atoms with Gasteiger partial charge >= 0.3 is 0 Å². The van der Waals surface area contributed by atoms with Gasteiger partial charge in [0.25, 0.3) is 0 Å². The van der Waals surface area contributed by atoms with Gasteiger partial charge in [0, 0.05) is 51.1 Å². The van der Waals surface area contributed by atoms with Crippen LogP contribution in [0.1, 0.15) is 53.0 Å². The summed E-state index contributed by atoms with van der Waals surface area (Å²) in [4.78, 5) is 4.64. The lowest BCUT2D eigenvalue weighted by molar-refractivity contribution is 0.969. The predicted molar refractivity (Wildman–Crippen MR) is 304 cm³/mol. The largest absolute Gasteiger partial charge is 0.317 e. The number of para-hydroxylation sites is 4. The van der Waals surface area contributed by atoms with Crippen molar-refractivity contribution in [1.82, 2.24) is 4.57 Å². The molecule has 344 valence electrons. The SMILES string of the molecule is CC.CC.CCC/C(=C\N(c1ccccc1)c1ccccc1)c1ccc2c(c1)c1cc(-c3ccc(N(c4ccccc4)c4ccccc4)cc3)ccc1n2-c1ccc(-c2ccc3ccccc3c2)cc1. The summed E-state index contributed by atoms with van der Waals surface area (Å²) in [5.41, 5.74) is 16.4. The highest BCUT2D eigenvalue weighted by Crippen LogP contribution is 2.40. The zero-order chi connectivity index (χ0) is 48.2. The van der Waals surface area contributed by atoms with Crippen LogP contribution in [0.15, 0.2) is 255 Å². The zero-order valence-electron chi connectivity index (χ0n) is 41.0. The van der Waals surface area contributed by atoms with Crippen LogP contribution in [0.5, 0.6) is 0 Å². The Morgan fingerprint density at radius 1 is 0.386 bits per heavy atom. The molecule has 3 heteroatoms. The van der Waals surface area contributed by atoms with E-state index in [9.17, 15) is 0 Å². The van der Waals surface area contributed by atoms with Gasteiger partial charge in [0.1, 0.15) is 0 Å². The standard InChI is InChI=1S/C63H49N3.2C2H6/c1-2-17-53(45-64(54-20-7-3-8-21-54)55-22-9-4-10-23-55)52-35-41-63-61(44-52)60-43-51(48-30-36-58(37-31-48)65(56-24-11-5-12-25-56)57-26-13-6-14-27-57)34-40-62(60)66(63)59-38-32-47(33-39-59)50-29-28-46-18-15-16-19-49(46)42-50;2*1-2/h3-16,18-45H,2,17H2,1H3;2*1-2H3/b53-45+;;. The first-order valence-corrected chi connectivity index (χ1v) is 25.0. The monoisotopic (exact) mass is 907 g/mol. The number of hydrogen-bond donors (Lipinski definition) is 0. The van der Waals surface area contributed by atoms with E-state index in [1.165, 1.54) is 66.0 Å². The van der Waals surface area contributed by atoms with E-state index in [1.54, 1.807) is 0 Å². The lowest BCUT2D eigenvalue weighted by Gasteiger charge is -2.25. The van der Waals surface area contributed by atoms with Gasteiger partial charge in [0.2, 0.25) is 0 Å². The van der Waals surface area contributed by atoms with E-state index in [0.717, 1.165) is 47.0 Å². The molecule has 0 bridgehead atoms. The maximum Gasteiger partial charge on any atom is 0.0541 e. The summed E-state index contributed by atoms with van der Waals surface area (Å²) in [7, 11) is 0. The molecule has 11 aromatic rings. The van der Waals surface area contributed by atoms with E-state index in [-0.39, 0.29) is 0 Å². The number of aromatic nitrogens is 1. The number of anilines is 5. The van der Waals surface area contributed by atoms with E-state index in [1.807, 2.05) is 27.7 Å². The van der Waals surface area contributed by atoms with Crippen molar-refractivity contribution in [2.75, 3.05) is 9.80 Å². The van der Waals surface area contributed by atoms with Crippen LogP contribution in [-0.2, 0) is 0 Å². The molecular formula is C67H61N3. The molecule has 1 heterocycles. The second-order valence-electron chi connectivity index (χ2n) is 16.9. The third-order valence-electron chi connectivity index (χ3n) is 12.7. The maximum atomic E-state index is 2.44. The van der Waals surface area contributed by atoms with Gasteiger partial charge in [-0.05, 0) is 154 Å². The smallest absolute Gasteiger partial charge is 0.0541 e. The highest BCUT2D eigenvalue weighted by Gasteiger charge is 2.18. The minimum Gasteiger partial charge on any atom is -0.317 e.